The summed E-state index contributed by atoms with van der Waals surface area (Å²) in [5.41, 5.74) is 0. The number of carbonyl (C=O) groups is 2. The van der Waals surface area contributed by atoms with Crippen molar-refractivity contribution in [1.29, 1.82) is 0 Å². The van der Waals surface area contributed by atoms with Crippen molar-refractivity contribution in [3.63, 3.8) is 0 Å². The minimum Gasteiger partial charge on any atom is -0.481 e. The van der Waals surface area contributed by atoms with E-state index in [0.29, 0.717) is 13.1 Å². The molecule has 0 saturated carbocycles. The first-order chi connectivity index (χ1) is 8.13. The van der Waals surface area contributed by atoms with Gasteiger partial charge < -0.3 is 15.3 Å². The number of nitrogens with zero attached hydrogens (tertiary/aromatic N) is 1. The zero-order chi connectivity index (χ0) is 12.7. The molecule has 17 heavy (non-hydrogen) atoms. The molecule has 0 aromatic rings. The second-order valence-corrected chi connectivity index (χ2v) is 4.64. The molecule has 5 nitrogen and oxygen atoms in total. The maximum atomic E-state index is 11.8. The van der Waals surface area contributed by atoms with Crippen LogP contribution >= 0.6 is 0 Å². The Bertz CT molecular complexity index is 268. The van der Waals surface area contributed by atoms with Crippen molar-refractivity contribution in [1.82, 2.24) is 10.2 Å². The summed E-state index contributed by atoms with van der Waals surface area (Å²) in [4.78, 5) is 24.2. The average Bonchev–Trinajstić information content (AvgIpc) is 2.28. The smallest absolute Gasteiger partial charge is 0.317 e. The molecular weight excluding hydrogens is 220 g/mol. The zero-order valence-electron chi connectivity index (χ0n) is 10.4. The van der Waals surface area contributed by atoms with Gasteiger partial charge in [-0.15, -0.1) is 0 Å². The maximum absolute atomic E-state index is 11.8. The van der Waals surface area contributed by atoms with Crippen molar-refractivity contribution < 1.29 is 14.7 Å². The molecule has 5 heteroatoms. The first-order valence-electron chi connectivity index (χ1n) is 6.38. The largest absolute Gasteiger partial charge is 0.481 e. The third kappa shape index (κ3) is 5.06. The van der Waals surface area contributed by atoms with Gasteiger partial charge in [-0.1, -0.05) is 13.3 Å². The summed E-state index contributed by atoms with van der Waals surface area (Å²) in [6.07, 6.45) is 4.02. The fourth-order valence-corrected chi connectivity index (χ4v) is 2.15. The lowest BCUT2D eigenvalue weighted by atomic mass is 9.95. The van der Waals surface area contributed by atoms with Crippen LogP contribution in [-0.4, -0.2) is 41.6 Å². The van der Waals surface area contributed by atoms with E-state index in [1.807, 2.05) is 0 Å². The van der Waals surface area contributed by atoms with Crippen molar-refractivity contribution in [3.8, 4) is 0 Å². The van der Waals surface area contributed by atoms with Crippen LogP contribution in [0.25, 0.3) is 0 Å². The van der Waals surface area contributed by atoms with Crippen molar-refractivity contribution in [2.45, 2.75) is 39.0 Å². The number of rotatable bonds is 5. The van der Waals surface area contributed by atoms with Gasteiger partial charge in [0.05, 0.1) is 0 Å². The van der Waals surface area contributed by atoms with E-state index in [1.165, 1.54) is 0 Å². The first-order valence-corrected chi connectivity index (χ1v) is 6.38. The van der Waals surface area contributed by atoms with Crippen LogP contribution in [0, 0.1) is 5.92 Å². The number of carboxylic acids is 1. The third-order valence-electron chi connectivity index (χ3n) is 3.08. The summed E-state index contributed by atoms with van der Waals surface area (Å²) in [5.74, 6) is -0.665. The van der Waals surface area contributed by atoms with E-state index < -0.39 is 5.97 Å². The average molecular weight is 242 g/mol. The number of nitrogens with one attached hydrogen (secondary N) is 1. The van der Waals surface area contributed by atoms with E-state index in [0.717, 1.165) is 32.2 Å². The highest BCUT2D eigenvalue weighted by molar-refractivity contribution is 5.74. The van der Waals surface area contributed by atoms with Crippen LogP contribution in [0.15, 0.2) is 0 Å². The van der Waals surface area contributed by atoms with Gasteiger partial charge in [0.25, 0.3) is 0 Å². The Balaban J connectivity index is 2.32. The lowest BCUT2D eigenvalue weighted by molar-refractivity contribution is -0.138. The number of urea groups is 1. The van der Waals surface area contributed by atoms with Gasteiger partial charge in [0.15, 0.2) is 0 Å². The summed E-state index contributed by atoms with van der Waals surface area (Å²) in [6, 6.07) is -0.0476. The predicted molar refractivity (Wildman–Crippen MR) is 64.9 cm³/mol. The molecule has 1 unspecified atom stereocenters. The van der Waals surface area contributed by atoms with Gasteiger partial charge in [-0.25, -0.2) is 4.79 Å². The molecule has 0 radical (unpaired) electrons. The van der Waals surface area contributed by atoms with Gasteiger partial charge >= 0.3 is 12.0 Å². The van der Waals surface area contributed by atoms with Gasteiger partial charge in [-0.05, 0) is 25.2 Å². The Morgan fingerprint density at radius 3 is 2.88 bits per heavy atom. The van der Waals surface area contributed by atoms with E-state index in [1.54, 1.807) is 4.90 Å². The number of likely N-dealkylation sites (tertiary alicyclic amines) is 1. The lowest BCUT2D eigenvalue weighted by Crippen LogP contribution is -2.46. The minimum absolute atomic E-state index is 0.0476. The summed E-state index contributed by atoms with van der Waals surface area (Å²) in [6.45, 7) is 4.10. The van der Waals surface area contributed by atoms with Crippen molar-refractivity contribution in [2.24, 2.45) is 5.92 Å². The first kappa shape index (κ1) is 13.8. The molecule has 2 N–H and O–H groups in total. The van der Waals surface area contributed by atoms with Gasteiger partial charge in [0.1, 0.15) is 0 Å². The van der Waals surface area contributed by atoms with Crippen LogP contribution < -0.4 is 5.32 Å². The van der Waals surface area contributed by atoms with Gasteiger partial charge in [-0.2, -0.15) is 0 Å². The Hall–Kier alpha value is -1.26. The summed E-state index contributed by atoms with van der Waals surface area (Å²) < 4.78 is 0. The van der Waals surface area contributed by atoms with E-state index in [9.17, 15) is 9.59 Å². The van der Waals surface area contributed by atoms with E-state index in [-0.39, 0.29) is 18.4 Å². The van der Waals surface area contributed by atoms with Crippen LogP contribution in [-0.2, 0) is 4.79 Å². The van der Waals surface area contributed by atoms with E-state index in [4.69, 9.17) is 5.11 Å². The second kappa shape index (κ2) is 7.14. The zero-order valence-corrected chi connectivity index (χ0v) is 10.4. The Morgan fingerprint density at radius 1 is 1.47 bits per heavy atom. The van der Waals surface area contributed by atoms with Gasteiger partial charge in [0, 0.05) is 26.1 Å². The number of piperidine rings is 1. The van der Waals surface area contributed by atoms with Crippen molar-refractivity contribution in [2.75, 3.05) is 19.6 Å². The predicted octanol–water partition coefficient (Wildman–Crippen LogP) is 1.68. The number of carbonyl (C=O) groups excluding carboxylic acids is 1. The highest BCUT2D eigenvalue weighted by atomic mass is 16.4. The number of hydrogen-bond donors (Lipinski definition) is 2. The number of aliphatic carboxylic acids is 1. The number of carboxylic acid groups (broad SMARTS) is 1. The Labute approximate surface area is 102 Å². The molecule has 1 rings (SSSR count). The molecule has 1 atom stereocenters. The molecule has 0 aromatic heterocycles. The second-order valence-electron chi connectivity index (χ2n) is 4.64. The minimum atomic E-state index is -0.775. The molecule has 1 fully saturated rings. The fourth-order valence-electron chi connectivity index (χ4n) is 2.15. The SMILES string of the molecule is CCCCNC(=O)N1CCCC(CC(=O)O)C1. The van der Waals surface area contributed by atoms with Crippen LogP contribution in [0.1, 0.15) is 39.0 Å². The molecule has 1 aliphatic heterocycles. The number of amides is 2. The van der Waals surface area contributed by atoms with Crippen molar-refractivity contribution >= 4 is 12.0 Å². The Kier molecular flexibility index (Phi) is 5.80. The molecule has 2 amide bonds. The maximum Gasteiger partial charge on any atom is 0.317 e. The van der Waals surface area contributed by atoms with Crippen LogP contribution in [0.3, 0.4) is 0 Å². The van der Waals surface area contributed by atoms with Gasteiger partial charge in [-0.3, -0.25) is 4.79 Å². The number of unbranched alkanes of at least 4 members (excludes halogenated alkanes) is 1. The molecular formula is C12H22N2O3. The standard InChI is InChI=1S/C12H22N2O3/c1-2-3-6-13-12(17)14-7-4-5-10(9-14)8-11(15)16/h10H,2-9H2,1H3,(H,13,17)(H,15,16). The highest BCUT2D eigenvalue weighted by Gasteiger charge is 2.24. The third-order valence-corrected chi connectivity index (χ3v) is 3.08. The molecule has 1 aliphatic rings. The summed E-state index contributed by atoms with van der Waals surface area (Å²) in [7, 11) is 0. The molecule has 0 aromatic carbocycles. The van der Waals surface area contributed by atoms with Gasteiger partial charge in [0.2, 0.25) is 0 Å². The molecule has 0 bridgehead atoms. The lowest BCUT2D eigenvalue weighted by Gasteiger charge is -2.32. The fraction of sp³-hybridized carbons (Fsp3) is 0.833. The molecule has 0 aliphatic carbocycles. The summed E-state index contributed by atoms with van der Waals surface area (Å²) in [5, 5.41) is 11.6. The van der Waals surface area contributed by atoms with Crippen molar-refractivity contribution in [3.05, 3.63) is 0 Å². The quantitative estimate of drug-likeness (QED) is 0.721. The highest BCUT2D eigenvalue weighted by Crippen LogP contribution is 2.19. The van der Waals surface area contributed by atoms with Crippen LogP contribution in [0.5, 0.6) is 0 Å². The normalized spacial score (nSPS) is 20.1. The summed E-state index contributed by atoms with van der Waals surface area (Å²) >= 11 is 0. The molecule has 1 heterocycles. The van der Waals surface area contributed by atoms with Crippen LogP contribution in [0.4, 0.5) is 4.79 Å². The van der Waals surface area contributed by atoms with E-state index in [2.05, 4.69) is 12.2 Å². The molecule has 1 saturated heterocycles. The molecule has 98 valence electrons. The Morgan fingerprint density at radius 2 is 2.24 bits per heavy atom. The van der Waals surface area contributed by atoms with Crippen LogP contribution in [0.2, 0.25) is 0 Å². The topological polar surface area (TPSA) is 69.6 Å². The van der Waals surface area contributed by atoms with E-state index >= 15 is 0 Å². The number of hydrogen-bond acceptors (Lipinski definition) is 2. The monoisotopic (exact) mass is 242 g/mol. The molecule has 0 spiro atoms.